The van der Waals surface area contributed by atoms with Crippen LogP contribution in [0.15, 0.2) is 42.7 Å². The number of imidazole rings is 1. The lowest BCUT2D eigenvalue weighted by Crippen LogP contribution is -2.62. The lowest BCUT2D eigenvalue weighted by molar-refractivity contribution is -0.139. The fourth-order valence-corrected chi connectivity index (χ4v) is 7.95. The van der Waals surface area contributed by atoms with Crippen LogP contribution >= 0.6 is 11.6 Å². The van der Waals surface area contributed by atoms with Gasteiger partial charge in [-0.2, -0.15) is 0 Å². The van der Waals surface area contributed by atoms with Crippen LogP contribution in [0.3, 0.4) is 0 Å². The molecule has 2 saturated carbocycles. The zero-order valence-electron chi connectivity index (χ0n) is 27.7. The molecule has 1 aromatic carbocycles. The average Bonchev–Trinajstić information content (AvgIpc) is 3.88. The first-order valence-corrected chi connectivity index (χ1v) is 17.9. The van der Waals surface area contributed by atoms with E-state index in [0.29, 0.717) is 45.1 Å². The molecule has 2 aromatic heterocycles. The summed E-state index contributed by atoms with van der Waals surface area (Å²) in [7, 11) is 2.02. The Balaban J connectivity index is 1.20. The third kappa shape index (κ3) is 7.07. The van der Waals surface area contributed by atoms with Crippen molar-refractivity contribution in [2.75, 3.05) is 32.7 Å². The number of piperazine rings is 1. The van der Waals surface area contributed by atoms with Gasteiger partial charge in [0.15, 0.2) is 0 Å². The van der Waals surface area contributed by atoms with E-state index in [-0.39, 0.29) is 24.1 Å². The van der Waals surface area contributed by atoms with Gasteiger partial charge >= 0.3 is 6.09 Å². The normalized spacial score (nSPS) is 21.9. The second-order valence-corrected chi connectivity index (χ2v) is 14.4. The van der Waals surface area contributed by atoms with Gasteiger partial charge in [-0.25, -0.2) is 9.78 Å². The predicted molar refractivity (Wildman–Crippen MR) is 181 cm³/mol. The van der Waals surface area contributed by atoms with Gasteiger partial charge in [0.1, 0.15) is 18.0 Å². The fourth-order valence-electron chi connectivity index (χ4n) is 7.76. The number of amides is 2. The molecule has 3 aliphatic carbocycles. The summed E-state index contributed by atoms with van der Waals surface area (Å²) in [4.78, 5) is 44.2. The third-order valence-electron chi connectivity index (χ3n) is 10.8. The standard InChI is InChI=1S/C37H47ClN6O3/c1-25-40-22-30(41(25)2)16-18-43(23-26-10-11-26)36(45)33-24-42(19-20-44(33)37(46)47-31-8-4-3-5-9-31)35-32-15-14-29(38)21-28(32)13-12-27-7-6-17-39-34(27)35/h6-7,14-15,17,21-22,26,31,33,35H,3-5,8-13,16,18-20,23-24H2,1-2H3/t33-,35+/m1/s1. The SMILES string of the molecule is Cc1ncc(CCN(CC2CC2)C(=O)[C@H]2CN([C@H]3c4ccc(Cl)cc4CCc4cccnc43)CCN2C(=O)OC2CCCCC2)n1C. The number of fused-ring (bicyclic) bond motifs is 2. The smallest absolute Gasteiger partial charge is 0.410 e. The molecule has 9 nitrogen and oxygen atoms in total. The molecule has 2 atom stereocenters. The minimum atomic E-state index is -0.655. The maximum Gasteiger partial charge on any atom is 0.410 e. The first-order valence-electron chi connectivity index (χ1n) is 17.5. The Labute approximate surface area is 283 Å². The van der Waals surface area contributed by atoms with Crippen molar-refractivity contribution in [2.45, 2.75) is 89.3 Å². The summed E-state index contributed by atoms with van der Waals surface area (Å²) < 4.78 is 8.21. The summed E-state index contributed by atoms with van der Waals surface area (Å²) in [6, 6.07) is 9.54. The number of halogens is 1. The quantitative estimate of drug-likeness (QED) is 0.300. The zero-order valence-corrected chi connectivity index (χ0v) is 28.5. The van der Waals surface area contributed by atoms with E-state index in [1.165, 1.54) is 23.1 Å². The van der Waals surface area contributed by atoms with E-state index in [4.69, 9.17) is 21.3 Å². The van der Waals surface area contributed by atoms with Gasteiger partial charge in [0.2, 0.25) is 5.91 Å². The maximum atomic E-state index is 14.8. The van der Waals surface area contributed by atoms with E-state index in [1.54, 1.807) is 4.90 Å². The molecular formula is C37H47ClN6O3. The first kappa shape index (κ1) is 32.1. The van der Waals surface area contributed by atoms with E-state index < -0.39 is 6.04 Å². The Morgan fingerprint density at radius 1 is 1.02 bits per heavy atom. The highest BCUT2D eigenvalue weighted by Crippen LogP contribution is 2.38. The van der Waals surface area contributed by atoms with Crippen LogP contribution in [-0.4, -0.2) is 86.1 Å². The largest absolute Gasteiger partial charge is 0.446 e. The molecule has 250 valence electrons. The van der Waals surface area contributed by atoms with Gasteiger partial charge in [0, 0.05) is 69.3 Å². The highest BCUT2D eigenvalue weighted by atomic mass is 35.5. The Morgan fingerprint density at radius 3 is 2.60 bits per heavy atom. The van der Waals surface area contributed by atoms with Crippen LogP contribution in [0.2, 0.25) is 5.02 Å². The van der Waals surface area contributed by atoms with Gasteiger partial charge in [-0.05, 0) is 99.1 Å². The Hall–Kier alpha value is -3.43. The molecule has 3 fully saturated rings. The van der Waals surface area contributed by atoms with Crippen molar-refractivity contribution < 1.29 is 14.3 Å². The number of hydrogen-bond donors (Lipinski definition) is 0. The number of carbonyl (C=O) groups is 2. The van der Waals surface area contributed by atoms with Crippen LogP contribution in [0.1, 0.15) is 84.9 Å². The minimum absolute atomic E-state index is 0.00674. The Bertz CT molecular complexity index is 1600. The summed E-state index contributed by atoms with van der Waals surface area (Å²) in [5, 5.41) is 0.726. The third-order valence-corrected chi connectivity index (χ3v) is 11.0. The number of aromatic nitrogens is 3. The molecule has 0 spiro atoms. The molecule has 47 heavy (non-hydrogen) atoms. The van der Waals surface area contributed by atoms with Crippen molar-refractivity contribution in [1.29, 1.82) is 0 Å². The summed E-state index contributed by atoms with van der Waals surface area (Å²) in [5.41, 5.74) is 5.74. The van der Waals surface area contributed by atoms with Gasteiger partial charge in [0.05, 0.1) is 11.7 Å². The van der Waals surface area contributed by atoms with E-state index in [0.717, 1.165) is 73.6 Å². The first-order chi connectivity index (χ1) is 22.9. The molecule has 0 radical (unpaired) electrons. The number of ether oxygens (including phenoxy) is 1. The second kappa shape index (κ2) is 14.0. The number of nitrogens with zero attached hydrogens (tertiary/aromatic N) is 6. The highest BCUT2D eigenvalue weighted by molar-refractivity contribution is 6.30. The van der Waals surface area contributed by atoms with Crippen LogP contribution in [-0.2, 0) is 35.8 Å². The van der Waals surface area contributed by atoms with Crippen molar-refractivity contribution in [3.05, 3.63) is 81.7 Å². The minimum Gasteiger partial charge on any atom is -0.446 e. The van der Waals surface area contributed by atoms with E-state index in [2.05, 4.69) is 32.7 Å². The van der Waals surface area contributed by atoms with Gasteiger partial charge in [-0.15, -0.1) is 0 Å². The zero-order chi connectivity index (χ0) is 32.5. The van der Waals surface area contributed by atoms with Crippen LogP contribution in [0.4, 0.5) is 4.79 Å². The van der Waals surface area contributed by atoms with E-state index in [1.807, 2.05) is 43.4 Å². The fraction of sp³-hybridized carbons (Fsp3) is 0.568. The summed E-state index contributed by atoms with van der Waals surface area (Å²) in [6.07, 6.45) is 13.2. The van der Waals surface area contributed by atoms with Crippen LogP contribution in [0, 0.1) is 12.8 Å². The molecule has 3 aromatic rings. The Kier molecular flexibility index (Phi) is 9.55. The maximum absolute atomic E-state index is 14.8. The van der Waals surface area contributed by atoms with Gasteiger partial charge in [0.25, 0.3) is 0 Å². The van der Waals surface area contributed by atoms with Crippen LogP contribution < -0.4 is 0 Å². The molecule has 2 amide bonds. The van der Waals surface area contributed by atoms with Crippen molar-refractivity contribution >= 4 is 23.6 Å². The molecule has 0 bridgehead atoms. The highest BCUT2D eigenvalue weighted by Gasteiger charge is 2.43. The number of benzene rings is 1. The van der Waals surface area contributed by atoms with E-state index >= 15 is 0 Å². The van der Waals surface area contributed by atoms with Crippen molar-refractivity contribution in [3.8, 4) is 0 Å². The molecule has 1 aliphatic heterocycles. The number of carbonyl (C=O) groups excluding carboxylic acids is 2. The molecular weight excluding hydrogens is 612 g/mol. The average molecular weight is 659 g/mol. The van der Waals surface area contributed by atoms with Crippen molar-refractivity contribution in [2.24, 2.45) is 13.0 Å². The van der Waals surface area contributed by atoms with Gasteiger partial charge < -0.3 is 14.2 Å². The lowest BCUT2D eigenvalue weighted by atomic mass is 9.95. The predicted octanol–water partition coefficient (Wildman–Crippen LogP) is 5.90. The number of pyridine rings is 1. The molecule has 3 heterocycles. The molecule has 4 aliphatic rings. The molecule has 0 unspecified atom stereocenters. The monoisotopic (exact) mass is 658 g/mol. The molecule has 0 N–H and O–H groups in total. The molecule has 7 rings (SSSR count). The van der Waals surface area contributed by atoms with Crippen LogP contribution in [0.25, 0.3) is 0 Å². The number of rotatable bonds is 8. The van der Waals surface area contributed by atoms with Crippen LogP contribution in [0.5, 0.6) is 0 Å². The molecule has 10 heteroatoms. The summed E-state index contributed by atoms with van der Waals surface area (Å²) in [6.45, 7) is 4.74. The van der Waals surface area contributed by atoms with Crippen molar-refractivity contribution in [3.63, 3.8) is 0 Å². The second-order valence-electron chi connectivity index (χ2n) is 14.0. The number of hydrogen-bond acceptors (Lipinski definition) is 6. The Morgan fingerprint density at radius 2 is 1.83 bits per heavy atom. The number of aryl methyl sites for hydroxylation is 3. The van der Waals surface area contributed by atoms with E-state index in [9.17, 15) is 9.59 Å². The summed E-state index contributed by atoms with van der Waals surface area (Å²) >= 11 is 6.50. The van der Waals surface area contributed by atoms with Crippen molar-refractivity contribution in [1.82, 2.24) is 29.2 Å². The lowest BCUT2D eigenvalue weighted by Gasteiger charge is -2.45. The summed E-state index contributed by atoms with van der Waals surface area (Å²) in [5.74, 6) is 1.48. The topological polar surface area (TPSA) is 83.8 Å². The van der Waals surface area contributed by atoms with Gasteiger partial charge in [-0.1, -0.05) is 30.2 Å². The van der Waals surface area contributed by atoms with Gasteiger partial charge in [-0.3, -0.25) is 19.6 Å². The molecule has 1 saturated heterocycles.